The number of carbonyl (C=O) groups is 1. The highest BCUT2D eigenvalue weighted by Crippen LogP contribution is 2.22. The molecule has 0 aliphatic heterocycles. The molecule has 1 N–H and O–H groups in total. The van der Waals surface area contributed by atoms with Crippen LogP contribution in [-0.4, -0.2) is 47.1 Å². The normalized spacial score (nSPS) is 11.9. The lowest BCUT2D eigenvalue weighted by molar-refractivity contribution is 0.0519. The molecule has 170 valence electrons. The van der Waals surface area contributed by atoms with Gasteiger partial charge in [-0.2, -0.15) is 4.98 Å². The van der Waals surface area contributed by atoms with Gasteiger partial charge in [-0.15, -0.1) is 5.10 Å². The number of nitrogens with one attached hydrogen (secondary N) is 1. The minimum atomic E-state index is -0.506. The third kappa shape index (κ3) is 4.20. The van der Waals surface area contributed by atoms with Gasteiger partial charge in [0.25, 0.3) is 0 Å². The van der Waals surface area contributed by atoms with E-state index in [-0.39, 0.29) is 18.3 Å². The van der Waals surface area contributed by atoms with Crippen molar-refractivity contribution in [2.24, 2.45) is 0 Å². The van der Waals surface area contributed by atoms with Gasteiger partial charge in [-0.3, -0.25) is 4.57 Å². The summed E-state index contributed by atoms with van der Waals surface area (Å²) in [4.78, 5) is 25.4. The first kappa shape index (κ1) is 21.3. The Labute approximate surface area is 195 Å². The molecule has 0 spiro atoms. The number of ether oxygens (including phenoxy) is 1. The van der Waals surface area contributed by atoms with E-state index in [1.54, 1.807) is 19.4 Å². The highest BCUT2D eigenvalue weighted by atomic mass is 16.5. The fraction of sp³-hybridized carbons (Fsp3) is 0.167. The molecule has 0 bridgehead atoms. The Morgan fingerprint density at radius 3 is 2.79 bits per heavy atom. The second kappa shape index (κ2) is 9.10. The molecular formula is C24H22N8O2. The molecule has 0 aliphatic carbocycles. The van der Waals surface area contributed by atoms with E-state index in [1.807, 2.05) is 47.0 Å². The number of imidazole rings is 1. The number of carbonyl (C=O) groups excluding carboxylic acids is 1. The van der Waals surface area contributed by atoms with Crippen molar-refractivity contribution in [3.05, 3.63) is 84.6 Å². The molecule has 1 atom stereocenters. The fourth-order valence-corrected chi connectivity index (χ4v) is 3.59. The SMILES string of the molecule is CCOC(=O)c1cn(-c2ccc3c(c2)ncn3-c2ccnc(N[C@@H](C)c3ccccc3)n2)nn1. The van der Waals surface area contributed by atoms with Gasteiger partial charge in [-0.05, 0) is 43.7 Å². The number of hydrogen-bond donors (Lipinski definition) is 1. The molecule has 0 fully saturated rings. The molecule has 3 aromatic heterocycles. The Balaban J connectivity index is 1.40. The lowest BCUT2D eigenvalue weighted by Crippen LogP contribution is -2.10. The van der Waals surface area contributed by atoms with Gasteiger partial charge in [0.05, 0.1) is 35.6 Å². The van der Waals surface area contributed by atoms with E-state index in [0.717, 1.165) is 22.3 Å². The number of aromatic nitrogens is 7. The Bertz CT molecular complexity index is 1440. The summed E-state index contributed by atoms with van der Waals surface area (Å²) in [7, 11) is 0. The third-order valence-electron chi connectivity index (χ3n) is 5.31. The summed E-state index contributed by atoms with van der Waals surface area (Å²) < 4.78 is 8.38. The number of rotatable bonds is 7. The summed E-state index contributed by atoms with van der Waals surface area (Å²) in [5, 5.41) is 11.3. The van der Waals surface area contributed by atoms with E-state index in [9.17, 15) is 4.79 Å². The van der Waals surface area contributed by atoms with Crippen molar-refractivity contribution in [2.75, 3.05) is 11.9 Å². The molecule has 5 aromatic rings. The van der Waals surface area contributed by atoms with Crippen molar-refractivity contribution < 1.29 is 9.53 Å². The lowest BCUT2D eigenvalue weighted by Gasteiger charge is -2.14. The largest absolute Gasteiger partial charge is 0.461 e. The highest BCUT2D eigenvalue weighted by Gasteiger charge is 2.14. The molecule has 2 aromatic carbocycles. The van der Waals surface area contributed by atoms with Gasteiger partial charge in [0.15, 0.2) is 5.69 Å². The van der Waals surface area contributed by atoms with Gasteiger partial charge in [-0.25, -0.2) is 19.4 Å². The molecule has 0 saturated carbocycles. The van der Waals surface area contributed by atoms with Crippen LogP contribution in [0.4, 0.5) is 5.95 Å². The van der Waals surface area contributed by atoms with Gasteiger partial charge < -0.3 is 10.1 Å². The van der Waals surface area contributed by atoms with Crippen molar-refractivity contribution in [1.82, 2.24) is 34.5 Å². The predicted molar refractivity (Wildman–Crippen MR) is 126 cm³/mol. The van der Waals surface area contributed by atoms with Crippen molar-refractivity contribution in [1.29, 1.82) is 0 Å². The van der Waals surface area contributed by atoms with Gasteiger partial charge >= 0.3 is 5.97 Å². The van der Waals surface area contributed by atoms with Gasteiger partial charge in [0.1, 0.15) is 12.1 Å². The quantitative estimate of drug-likeness (QED) is 0.370. The first-order chi connectivity index (χ1) is 16.6. The average Bonchev–Trinajstić information content (AvgIpc) is 3.52. The van der Waals surface area contributed by atoms with Gasteiger partial charge in [-0.1, -0.05) is 35.5 Å². The maximum absolute atomic E-state index is 11.9. The number of nitrogens with zero attached hydrogens (tertiary/aromatic N) is 7. The maximum atomic E-state index is 11.9. The van der Waals surface area contributed by atoms with Crippen LogP contribution >= 0.6 is 0 Å². The van der Waals surface area contributed by atoms with E-state index in [2.05, 4.69) is 49.6 Å². The van der Waals surface area contributed by atoms with E-state index in [4.69, 9.17) is 4.74 Å². The zero-order valence-corrected chi connectivity index (χ0v) is 18.7. The fourth-order valence-electron chi connectivity index (χ4n) is 3.59. The zero-order chi connectivity index (χ0) is 23.5. The van der Waals surface area contributed by atoms with Crippen molar-refractivity contribution in [3.63, 3.8) is 0 Å². The molecule has 5 rings (SSSR count). The molecule has 3 heterocycles. The van der Waals surface area contributed by atoms with Crippen LogP contribution in [0.3, 0.4) is 0 Å². The standard InChI is InChI=1S/C24H22N8O2/c1-3-34-23(33)20-14-32(30-29-20)18-9-10-21-19(13-18)26-15-31(21)22-11-12-25-24(28-22)27-16(2)17-7-5-4-6-8-17/h4-16H,3H2,1-2H3,(H,25,27,28)/t16-/m0/s1. The van der Waals surface area contributed by atoms with Gasteiger partial charge in [0.2, 0.25) is 5.95 Å². The van der Waals surface area contributed by atoms with Crippen molar-refractivity contribution in [3.8, 4) is 11.5 Å². The molecule has 10 heteroatoms. The van der Waals surface area contributed by atoms with Crippen molar-refractivity contribution in [2.45, 2.75) is 19.9 Å². The van der Waals surface area contributed by atoms with E-state index >= 15 is 0 Å². The number of esters is 1. The highest BCUT2D eigenvalue weighted by molar-refractivity contribution is 5.87. The first-order valence-electron chi connectivity index (χ1n) is 10.8. The number of anilines is 1. The molecule has 0 saturated heterocycles. The van der Waals surface area contributed by atoms with E-state index in [1.165, 1.54) is 10.9 Å². The summed E-state index contributed by atoms with van der Waals surface area (Å²) in [6.07, 6.45) is 4.97. The average molecular weight is 454 g/mol. The molecule has 0 unspecified atom stereocenters. The Kier molecular flexibility index (Phi) is 5.69. The van der Waals surface area contributed by atoms with E-state index in [0.29, 0.717) is 11.8 Å². The van der Waals surface area contributed by atoms with Crippen LogP contribution in [0.5, 0.6) is 0 Å². The molecular weight excluding hydrogens is 432 g/mol. The Morgan fingerprint density at radius 1 is 1.12 bits per heavy atom. The Morgan fingerprint density at radius 2 is 1.97 bits per heavy atom. The van der Waals surface area contributed by atoms with Crippen LogP contribution in [0.1, 0.15) is 35.9 Å². The molecule has 34 heavy (non-hydrogen) atoms. The first-order valence-corrected chi connectivity index (χ1v) is 10.8. The minimum absolute atomic E-state index is 0.0562. The summed E-state index contributed by atoms with van der Waals surface area (Å²) in [5.41, 5.74) is 3.64. The number of hydrogen-bond acceptors (Lipinski definition) is 8. The lowest BCUT2D eigenvalue weighted by atomic mass is 10.1. The van der Waals surface area contributed by atoms with Crippen LogP contribution in [0.25, 0.3) is 22.5 Å². The predicted octanol–water partition coefficient (Wildman–Crippen LogP) is 3.75. The topological polar surface area (TPSA) is 113 Å². The molecule has 0 radical (unpaired) electrons. The molecule has 0 aliphatic rings. The number of fused-ring (bicyclic) bond motifs is 1. The second-order valence-electron chi connectivity index (χ2n) is 7.57. The second-order valence-corrected chi connectivity index (χ2v) is 7.57. The molecule has 0 amide bonds. The van der Waals surface area contributed by atoms with E-state index < -0.39 is 5.97 Å². The van der Waals surface area contributed by atoms with Crippen LogP contribution < -0.4 is 5.32 Å². The zero-order valence-electron chi connectivity index (χ0n) is 18.7. The van der Waals surface area contributed by atoms with Crippen LogP contribution in [-0.2, 0) is 4.74 Å². The molecule has 10 nitrogen and oxygen atoms in total. The minimum Gasteiger partial charge on any atom is -0.461 e. The Hall–Kier alpha value is -4.60. The summed E-state index contributed by atoms with van der Waals surface area (Å²) in [6, 6.07) is 17.7. The summed E-state index contributed by atoms with van der Waals surface area (Å²) in [6.45, 7) is 4.09. The third-order valence-corrected chi connectivity index (χ3v) is 5.31. The monoisotopic (exact) mass is 454 g/mol. The van der Waals surface area contributed by atoms with Gasteiger partial charge in [0, 0.05) is 6.20 Å². The van der Waals surface area contributed by atoms with Crippen LogP contribution in [0.15, 0.2) is 73.3 Å². The smallest absolute Gasteiger partial charge is 0.360 e. The summed E-state index contributed by atoms with van der Waals surface area (Å²) >= 11 is 0. The maximum Gasteiger partial charge on any atom is 0.360 e. The summed E-state index contributed by atoms with van der Waals surface area (Å²) in [5.74, 6) is 0.716. The number of benzene rings is 2. The van der Waals surface area contributed by atoms with Crippen molar-refractivity contribution >= 4 is 23.0 Å². The van der Waals surface area contributed by atoms with Crippen LogP contribution in [0, 0.1) is 0 Å². The van der Waals surface area contributed by atoms with Crippen LogP contribution in [0.2, 0.25) is 0 Å².